The van der Waals surface area contributed by atoms with Crippen molar-refractivity contribution in [3.05, 3.63) is 35.5 Å². The molecule has 15 heavy (non-hydrogen) atoms. The number of aromatic amines is 1. The molecule has 0 amide bonds. The number of nitrogens with one attached hydrogen (secondary N) is 1. The minimum atomic E-state index is -0.459. The predicted molar refractivity (Wildman–Crippen MR) is 61.0 cm³/mol. The van der Waals surface area contributed by atoms with E-state index in [0.717, 1.165) is 10.9 Å². The van der Waals surface area contributed by atoms with Crippen LogP contribution in [0.25, 0.3) is 10.9 Å². The van der Waals surface area contributed by atoms with Gasteiger partial charge in [-0.2, -0.15) is 0 Å². The van der Waals surface area contributed by atoms with E-state index < -0.39 is 6.04 Å². The van der Waals surface area contributed by atoms with Crippen LogP contribution in [0.3, 0.4) is 0 Å². The van der Waals surface area contributed by atoms with Crippen LogP contribution in [0.1, 0.15) is 23.0 Å². The normalized spacial score (nSPS) is 13.0. The zero-order valence-electron chi connectivity index (χ0n) is 8.87. The van der Waals surface area contributed by atoms with Crippen LogP contribution in [-0.4, -0.2) is 16.8 Å². The smallest absolute Gasteiger partial charge is 0.195 e. The minimum absolute atomic E-state index is 0.0520. The van der Waals surface area contributed by atoms with Crippen molar-refractivity contribution in [3.63, 3.8) is 0 Å². The van der Waals surface area contributed by atoms with Crippen LogP contribution in [0, 0.1) is 6.92 Å². The molecule has 1 aromatic heterocycles. The molecule has 1 heterocycles. The van der Waals surface area contributed by atoms with Gasteiger partial charge in [0.1, 0.15) is 0 Å². The highest BCUT2D eigenvalue weighted by atomic mass is 16.1. The van der Waals surface area contributed by atoms with Gasteiger partial charge in [0.15, 0.2) is 5.78 Å². The third-order valence-corrected chi connectivity index (χ3v) is 2.46. The molecule has 3 N–H and O–H groups in total. The maximum absolute atomic E-state index is 11.6. The molecule has 0 aliphatic heterocycles. The van der Waals surface area contributed by atoms with Gasteiger partial charge in [0, 0.05) is 10.9 Å². The fourth-order valence-electron chi connectivity index (χ4n) is 1.62. The summed E-state index contributed by atoms with van der Waals surface area (Å²) in [6.45, 7) is 3.71. The van der Waals surface area contributed by atoms with Crippen molar-refractivity contribution in [2.75, 3.05) is 0 Å². The molecule has 0 bridgehead atoms. The monoisotopic (exact) mass is 202 g/mol. The summed E-state index contributed by atoms with van der Waals surface area (Å²) < 4.78 is 0. The summed E-state index contributed by atoms with van der Waals surface area (Å²) in [6, 6.07) is 7.43. The molecule has 3 heteroatoms. The summed E-state index contributed by atoms with van der Waals surface area (Å²) >= 11 is 0. The van der Waals surface area contributed by atoms with Crippen molar-refractivity contribution in [1.82, 2.24) is 4.98 Å². The fourth-order valence-corrected chi connectivity index (χ4v) is 1.62. The Morgan fingerprint density at radius 2 is 2.13 bits per heavy atom. The van der Waals surface area contributed by atoms with Crippen LogP contribution >= 0.6 is 0 Å². The quantitative estimate of drug-likeness (QED) is 0.732. The minimum Gasteiger partial charge on any atom is -0.352 e. The first-order chi connectivity index (χ1) is 7.08. The third kappa shape index (κ3) is 1.78. The van der Waals surface area contributed by atoms with Crippen molar-refractivity contribution in [1.29, 1.82) is 0 Å². The first-order valence-electron chi connectivity index (χ1n) is 4.97. The molecule has 1 unspecified atom stereocenters. The molecule has 3 nitrogen and oxygen atoms in total. The van der Waals surface area contributed by atoms with Crippen LogP contribution in [0.15, 0.2) is 24.3 Å². The Balaban J connectivity index is 2.52. The van der Waals surface area contributed by atoms with Gasteiger partial charge in [0.2, 0.25) is 0 Å². The standard InChI is InChI=1S/C12H14N2O/c1-7-3-4-9-6-11(12(15)8(2)13)14-10(9)5-7/h3-6,8,14H,13H2,1-2H3. The summed E-state index contributed by atoms with van der Waals surface area (Å²) in [4.78, 5) is 14.7. The number of ketones is 1. The van der Waals surface area contributed by atoms with Crippen molar-refractivity contribution in [2.24, 2.45) is 5.73 Å². The molecule has 0 radical (unpaired) electrons. The van der Waals surface area contributed by atoms with Crippen molar-refractivity contribution in [2.45, 2.75) is 19.9 Å². The van der Waals surface area contributed by atoms with E-state index in [4.69, 9.17) is 5.73 Å². The summed E-state index contributed by atoms with van der Waals surface area (Å²) in [7, 11) is 0. The van der Waals surface area contributed by atoms with Crippen LogP contribution in [0.2, 0.25) is 0 Å². The maximum Gasteiger partial charge on any atom is 0.195 e. The number of hydrogen-bond donors (Lipinski definition) is 2. The zero-order chi connectivity index (χ0) is 11.0. The summed E-state index contributed by atoms with van der Waals surface area (Å²) in [5.41, 5.74) is 8.29. The zero-order valence-corrected chi connectivity index (χ0v) is 8.87. The highest BCUT2D eigenvalue weighted by Crippen LogP contribution is 2.17. The lowest BCUT2D eigenvalue weighted by atomic mass is 10.1. The molecule has 0 aliphatic rings. The Morgan fingerprint density at radius 3 is 2.80 bits per heavy atom. The second-order valence-corrected chi connectivity index (χ2v) is 3.93. The Hall–Kier alpha value is -1.61. The van der Waals surface area contributed by atoms with Crippen LogP contribution < -0.4 is 5.73 Å². The summed E-state index contributed by atoms with van der Waals surface area (Å²) in [6.07, 6.45) is 0. The lowest BCUT2D eigenvalue weighted by Crippen LogP contribution is -2.26. The Kier molecular flexibility index (Phi) is 2.32. The number of carbonyl (C=O) groups is 1. The molecule has 0 fully saturated rings. The Labute approximate surface area is 88.3 Å². The van der Waals surface area contributed by atoms with Crippen LogP contribution in [-0.2, 0) is 0 Å². The van der Waals surface area contributed by atoms with Crippen LogP contribution in [0.4, 0.5) is 0 Å². The number of benzene rings is 1. The highest BCUT2D eigenvalue weighted by molar-refractivity contribution is 6.02. The number of Topliss-reactive ketones (excluding diaryl/α,β-unsaturated/α-hetero) is 1. The van der Waals surface area contributed by atoms with E-state index in [-0.39, 0.29) is 5.78 Å². The molecule has 2 aromatic rings. The van der Waals surface area contributed by atoms with Gasteiger partial charge in [0.25, 0.3) is 0 Å². The van der Waals surface area contributed by atoms with E-state index in [1.807, 2.05) is 31.2 Å². The summed E-state index contributed by atoms with van der Waals surface area (Å²) in [5, 5.41) is 1.05. The Bertz CT molecular complexity index is 511. The number of H-pyrrole nitrogens is 1. The van der Waals surface area contributed by atoms with Gasteiger partial charge in [0.05, 0.1) is 11.7 Å². The first-order valence-corrected chi connectivity index (χ1v) is 4.97. The molecular weight excluding hydrogens is 188 g/mol. The van der Waals surface area contributed by atoms with Crippen LogP contribution in [0.5, 0.6) is 0 Å². The number of nitrogens with two attached hydrogens (primary N) is 1. The molecule has 78 valence electrons. The number of aromatic nitrogens is 1. The molecule has 1 aromatic carbocycles. The number of aryl methyl sites for hydroxylation is 1. The van der Waals surface area contributed by atoms with Gasteiger partial charge >= 0.3 is 0 Å². The maximum atomic E-state index is 11.6. The molecule has 0 saturated heterocycles. The van der Waals surface area contributed by atoms with E-state index >= 15 is 0 Å². The van der Waals surface area contributed by atoms with Gasteiger partial charge in [-0.05, 0) is 31.5 Å². The van der Waals surface area contributed by atoms with Gasteiger partial charge in [-0.25, -0.2) is 0 Å². The molecule has 0 aliphatic carbocycles. The van der Waals surface area contributed by atoms with Gasteiger partial charge in [-0.15, -0.1) is 0 Å². The number of hydrogen-bond acceptors (Lipinski definition) is 2. The molecule has 0 saturated carbocycles. The van der Waals surface area contributed by atoms with Crippen molar-refractivity contribution in [3.8, 4) is 0 Å². The van der Waals surface area contributed by atoms with E-state index in [1.54, 1.807) is 6.92 Å². The topological polar surface area (TPSA) is 58.9 Å². The molecule has 0 spiro atoms. The van der Waals surface area contributed by atoms with Crippen molar-refractivity contribution < 1.29 is 4.79 Å². The molecule has 1 atom stereocenters. The molecule has 2 rings (SSSR count). The second kappa shape index (κ2) is 3.51. The summed E-state index contributed by atoms with van der Waals surface area (Å²) in [5.74, 6) is -0.0520. The lowest BCUT2D eigenvalue weighted by Gasteiger charge is -1.99. The fraction of sp³-hybridized carbons (Fsp3) is 0.250. The van der Waals surface area contributed by atoms with E-state index in [2.05, 4.69) is 4.98 Å². The number of rotatable bonds is 2. The highest BCUT2D eigenvalue weighted by Gasteiger charge is 2.13. The lowest BCUT2D eigenvalue weighted by molar-refractivity contribution is 0.0964. The predicted octanol–water partition coefficient (Wildman–Crippen LogP) is 2.01. The third-order valence-electron chi connectivity index (χ3n) is 2.46. The number of carbonyl (C=O) groups excluding carboxylic acids is 1. The van der Waals surface area contributed by atoms with Gasteiger partial charge in [-0.3, -0.25) is 4.79 Å². The average molecular weight is 202 g/mol. The molecular formula is C12H14N2O. The Morgan fingerprint density at radius 1 is 1.40 bits per heavy atom. The first kappa shape index (κ1) is 9.93. The van der Waals surface area contributed by atoms with Crippen molar-refractivity contribution >= 4 is 16.7 Å². The van der Waals surface area contributed by atoms with E-state index in [1.165, 1.54) is 5.56 Å². The largest absolute Gasteiger partial charge is 0.352 e. The van der Waals surface area contributed by atoms with E-state index in [9.17, 15) is 4.79 Å². The van der Waals surface area contributed by atoms with E-state index in [0.29, 0.717) is 5.69 Å². The van der Waals surface area contributed by atoms with Gasteiger partial charge < -0.3 is 10.7 Å². The second-order valence-electron chi connectivity index (χ2n) is 3.93. The SMILES string of the molecule is Cc1ccc2cc(C(=O)C(C)N)[nH]c2c1. The number of fused-ring (bicyclic) bond motifs is 1. The average Bonchev–Trinajstić information content (AvgIpc) is 2.58. The van der Waals surface area contributed by atoms with Gasteiger partial charge in [-0.1, -0.05) is 12.1 Å².